The fraction of sp³-hybridized carbons (Fsp3) is 0.588. The number of methoxy groups -OCH3 is 1. The normalized spacial score (nSPS) is 18.4. The number of benzene rings is 1. The van der Waals surface area contributed by atoms with E-state index in [1.807, 2.05) is 23.1 Å². The van der Waals surface area contributed by atoms with E-state index in [9.17, 15) is 4.79 Å². The number of hydrogen-bond acceptors (Lipinski definition) is 2. The van der Waals surface area contributed by atoms with Crippen LogP contribution in [-0.2, 0) is 6.42 Å². The minimum atomic E-state index is 0.0875. The minimum absolute atomic E-state index is 0.0875. The predicted octanol–water partition coefficient (Wildman–Crippen LogP) is 3.21. The van der Waals surface area contributed by atoms with Crippen molar-refractivity contribution in [1.29, 1.82) is 0 Å². The molecule has 1 aromatic carbocycles. The maximum absolute atomic E-state index is 12.3. The van der Waals surface area contributed by atoms with E-state index in [1.54, 1.807) is 7.11 Å². The molecule has 0 saturated carbocycles. The van der Waals surface area contributed by atoms with E-state index < -0.39 is 0 Å². The SMILES string of the molecule is CCC1CCCCN1C(=O)NCCc1cccc(OC)c1. The van der Waals surface area contributed by atoms with Gasteiger partial charge in [0.1, 0.15) is 5.75 Å². The highest BCUT2D eigenvalue weighted by molar-refractivity contribution is 5.74. The summed E-state index contributed by atoms with van der Waals surface area (Å²) >= 11 is 0. The molecule has 0 spiro atoms. The summed E-state index contributed by atoms with van der Waals surface area (Å²) in [5, 5.41) is 3.05. The number of piperidine rings is 1. The van der Waals surface area contributed by atoms with Crippen LogP contribution in [0.15, 0.2) is 24.3 Å². The van der Waals surface area contributed by atoms with Crippen molar-refractivity contribution in [3.05, 3.63) is 29.8 Å². The molecule has 1 fully saturated rings. The summed E-state index contributed by atoms with van der Waals surface area (Å²) in [5.41, 5.74) is 1.18. The third-order valence-corrected chi connectivity index (χ3v) is 4.18. The van der Waals surface area contributed by atoms with Gasteiger partial charge in [0.2, 0.25) is 0 Å². The van der Waals surface area contributed by atoms with Crippen LogP contribution in [0.3, 0.4) is 0 Å². The number of carbonyl (C=O) groups is 1. The molecule has 0 aliphatic carbocycles. The fourth-order valence-electron chi connectivity index (χ4n) is 2.94. The Morgan fingerprint density at radius 1 is 1.43 bits per heavy atom. The summed E-state index contributed by atoms with van der Waals surface area (Å²) < 4.78 is 5.21. The highest BCUT2D eigenvalue weighted by Crippen LogP contribution is 2.19. The second kappa shape index (κ2) is 7.91. The summed E-state index contributed by atoms with van der Waals surface area (Å²) in [4.78, 5) is 14.3. The lowest BCUT2D eigenvalue weighted by atomic mass is 10.0. The van der Waals surface area contributed by atoms with Crippen LogP contribution in [0.2, 0.25) is 0 Å². The first-order valence-corrected chi connectivity index (χ1v) is 7.92. The Labute approximate surface area is 127 Å². The Bertz CT molecular complexity index is 462. The summed E-state index contributed by atoms with van der Waals surface area (Å²) in [6.07, 6.45) is 5.38. The minimum Gasteiger partial charge on any atom is -0.497 e. The molecule has 1 aliphatic heterocycles. The largest absolute Gasteiger partial charge is 0.497 e. The summed E-state index contributed by atoms with van der Waals surface area (Å²) in [6.45, 7) is 3.72. The van der Waals surface area contributed by atoms with Gasteiger partial charge in [0, 0.05) is 19.1 Å². The van der Waals surface area contributed by atoms with E-state index in [0.29, 0.717) is 12.6 Å². The average molecular weight is 290 g/mol. The molecule has 4 nitrogen and oxygen atoms in total. The second-order valence-electron chi connectivity index (χ2n) is 5.58. The average Bonchev–Trinajstić information content (AvgIpc) is 2.55. The Morgan fingerprint density at radius 2 is 2.29 bits per heavy atom. The van der Waals surface area contributed by atoms with E-state index in [4.69, 9.17) is 4.74 Å². The van der Waals surface area contributed by atoms with Gasteiger partial charge in [-0.05, 0) is 49.8 Å². The molecule has 1 heterocycles. The van der Waals surface area contributed by atoms with Crippen molar-refractivity contribution >= 4 is 6.03 Å². The van der Waals surface area contributed by atoms with Crippen LogP contribution in [0.1, 0.15) is 38.2 Å². The highest BCUT2D eigenvalue weighted by atomic mass is 16.5. The fourth-order valence-corrected chi connectivity index (χ4v) is 2.94. The van der Waals surface area contributed by atoms with Gasteiger partial charge >= 0.3 is 6.03 Å². The van der Waals surface area contributed by atoms with Crippen LogP contribution in [0.25, 0.3) is 0 Å². The molecule has 1 aromatic rings. The first kappa shape index (κ1) is 15.7. The second-order valence-corrected chi connectivity index (χ2v) is 5.58. The summed E-state index contributed by atoms with van der Waals surface area (Å²) in [6, 6.07) is 8.49. The van der Waals surface area contributed by atoms with Gasteiger partial charge in [-0.1, -0.05) is 19.1 Å². The lowest BCUT2D eigenvalue weighted by molar-refractivity contribution is 0.149. The van der Waals surface area contributed by atoms with Crippen LogP contribution < -0.4 is 10.1 Å². The number of hydrogen-bond donors (Lipinski definition) is 1. The number of carbonyl (C=O) groups excluding carboxylic acids is 1. The van der Waals surface area contributed by atoms with Gasteiger partial charge in [-0.2, -0.15) is 0 Å². The zero-order chi connectivity index (χ0) is 15.1. The molecule has 0 radical (unpaired) electrons. The van der Waals surface area contributed by atoms with Gasteiger partial charge in [0.15, 0.2) is 0 Å². The van der Waals surface area contributed by atoms with Gasteiger partial charge < -0.3 is 15.0 Å². The maximum Gasteiger partial charge on any atom is 0.317 e. The highest BCUT2D eigenvalue weighted by Gasteiger charge is 2.24. The molecule has 2 amide bonds. The zero-order valence-electron chi connectivity index (χ0n) is 13.1. The third-order valence-electron chi connectivity index (χ3n) is 4.18. The smallest absolute Gasteiger partial charge is 0.317 e. The van der Waals surface area contributed by atoms with Gasteiger partial charge in [-0.3, -0.25) is 0 Å². The number of ether oxygens (including phenoxy) is 1. The molecule has 1 atom stereocenters. The lowest BCUT2D eigenvalue weighted by Crippen LogP contribution is -2.48. The van der Waals surface area contributed by atoms with Crippen LogP contribution in [0.4, 0.5) is 4.79 Å². The summed E-state index contributed by atoms with van der Waals surface area (Å²) in [7, 11) is 1.67. The molecule has 0 bridgehead atoms. The van der Waals surface area contributed by atoms with Crippen molar-refractivity contribution in [1.82, 2.24) is 10.2 Å². The van der Waals surface area contributed by atoms with Crippen LogP contribution in [0.5, 0.6) is 5.75 Å². The summed E-state index contributed by atoms with van der Waals surface area (Å²) in [5.74, 6) is 0.862. The van der Waals surface area contributed by atoms with Gasteiger partial charge in [-0.25, -0.2) is 4.79 Å². The molecule has 21 heavy (non-hydrogen) atoms. The number of nitrogens with one attached hydrogen (secondary N) is 1. The molecule has 1 aliphatic rings. The molecule has 1 N–H and O–H groups in total. The number of nitrogens with zero attached hydrogens (tertiary/aromatic N) is 1. The van der Waals surface area contributed by atoms with Crippen molar-refractivity contribution in [3.63, 3.8) is 0 Å². The zero-order valence-corrected chi connectivity index (χ0v) is 13.1. The van der Waals surface area contributed by atoms with Gasteiger partial charge in [-0.15, -0.1) is 0 Å². The van der Waals surface area contributed by atoms with E-state index in [0.717, 1.165) is 38.0 Å². The molecule has 2 rings (SSSR count). The van der Waals surface area contributed by atoms with E-state index in [-0.39, 0.29) is 6.03 Å². The number of urea groups is 1. The van der Waals surface area contributed by atoms with E-state index in [1.165, 1.54) is 12.0 Å². The van der Waals surface area contributed by atoms with Gasteiger partial charge in [0.25, 0.3) is 0 Å². The molecular formula is C17H26N2O2. The number of amides is 2. The van der Waals surface area contributed by atoms with Crippen molar-refractivity contribution in [2.75, 3.05) is 20.2 Å². The Morgan fingerprint density at radius 3 is 3.05 bits per heavy atom. The quantitative estimate of drug-likeness (QED) is 0.904. The molecule has 1 saturated heterocycles. The van der Waals surface area contributed by atoms with Crippen LogP contribution >= 0.6 is 0 Å². The Hall–Kier alpha value is -1.71. The standard InChI is InChI=1S/C17H26N2O2/c1-3-15-8-4-5-12-19(15)17(20)18-11-10-14-7-6-9-16(13-14)21-2/h6-7,9,13,15H,3-5,8,10-12H2,1-2H3,(H,18,20). The Balaban J connectivity index is 1.80. The molecule has 116 valence electrons. The first-order valence-electron chi connectivity index (χ1n) is 7.92. The van der Waals surface area contributed by atoms with Crippen molar-refractivity contribution in [3.8, 4) is 5.75 Å². The monoisotopic (exact) mass is 290 g/mol. The topological polar surface area (TPSA) is 41.6 Å². The predicted molar refractivity (Wildman–Crippen MR) is 84.7 cm³/mol. The number of likely N-dealkylation sites (tertiary alicyclic amines) is 1. The molecule has 4 heteroatoms. The van der Waals surface area contributed by atoms with E-state index >= 15 is 0 Å². The first-order chi connectivity index (χ1) is 10.2. The third kappa shape index (κ3) is 4.38. The van der Waals surface area contributed by atoms with Crippen molar-refractivity contribution in [2.24, 2.45) is 0 Å². The Kier molecular flexibility index (Phi) is 5.90. The van der Waals surface area contributed by atoms with Crippen LogP contribution in [0, 0.1) is 0 Å². The molecular weight excluding hydrogens is 264 g/mol. The van der Waals surface area contributed by atoms with Crippen molar-refractivity contribution in [2.45, 2.75) is 45.1 Å². The van der Waals surface area contributed by atoms with E-state index in [2.05, 4.69) is 18.3 Å². The van der Waals surface area contributed by atoms with Crippen LogP contribution in [-0.4, -0.2) is 37.2 Å². The lowest BCUT2D eigenvalue weighted by Gasteiger charge is -2.35. The molecule has 1 unspecified atom stereocenters. The molecule has 0 aromatic heterocycles. The maximum atomic E-state index is 12.3. The number of rotatable bonds is 5. The van der Waals surface area contributed by atoms with Gasteiger partial charge in [0.05, 0.1) is 7.11 Å². The van der Waals surface area contributed by atoms with Crippen molar-refractivity contribution < 1.29 is 9.53 Å².